The largest absolute Gasteiger partial charge is 0.417 e. The van der Waals surface area contributed by atoms with Crippen LogP contribution in [0.25, 0.3) is 0 Å². The van der Waals surface area contributed by atoms with Crippen molar-refractivity contribution in [2.45, 2.75) is 17.1 Å². The van der Waals surface area contributed by atoms with Gasteiger partial charge in [-0.15, -0.1) is 0 Å². The van der Waals surface area contributed by atoms with Crippen molar-refractivity contribution in [2.75, 3.05) is 32.8 Å². The molecule has 1 heterocycles. The predicted octanol–water partition coefficient (Wildman–Crippen LogP) is 3.06. The Labute approximate surface area is 162 Å². The van der Waals surface area contributed by atoms with Crippen LogP contribution in [0.4, 0.5) is 13.2 Å². The minimum absolute atomic E-state index is 0.334. The molecule has 1 N–H and O–H groups in total. The number of morpholine rings is 1. The first-order valence-electron chi connectivity index (χ1n) is 8.81. The number of alkyl halides is 3. The molecule has 0 aromatic heterocycles. The second-order valence-electron chi connectivity index (χ2n) is 6.49. The first-order chi connectivity index (χ1) is 13.3. The van der Waals surface area contributed by atoms with Gasteiger partial charge in [-0.1, -0.05) is 42.5 Å². The highest BCUT2D eigenvalue weighted by molar-refractivity contribution is 7.89. The van der Waals surface area contributed by atoms with Gasteiger partial charge < -0.3 is 4.74 Å². The molecule has 0 aliphatic carbocycles. The van der Waals surface area contributed by atoms with E-state index in [0.29, 0.717) is 38.4 Å². The molecule has 0 bridgehead atoms. The van der Waals surface area contributed by atoms with Crippen molar-refractivity contribution in [3.8, 4) is 0 Å². The van der Waals surface area contributed by atoms with Crippen LogP contribution in [0.3, 0.4) is 0 Å². The summed E-state index contributed by atoms with van der Waals surface area (Å²) in [5.41, 5.74) is -0.497. The molecule has 2 aromatic rings. The van der Waals surface area contributed by atoms with Crippen LogP contribution in [0.5, 0.6) is 0 Å². The smallest absolute Gasteiger partial charge is 0.379 e. The van der Waals surface area contributed by atoms with E-state index < -0.39 is 32.7 Å². The first-order valence-corrected chi connectivity index (χ1v) is 10.3. The summed E-state index contributed by atoms with van der Waals surface area (Å²) in [6.45, 7) is 2.66. The summed E-state index contributed by atoms with van der Waals surface area (Å²) < 4.78 is 73.4. The maximum absolute atomic E-state index is 13.3. The van der Waals surface area contributed by atoms with Crippen molar-refractivity contribution in [3.63, 3.8) is 0 Å². The van der Waals surface area contributed by atoms with E-state index in [0.717, 1.165) is 12.1 Å². The minimum atomic E-state index is -4.77. The molecule has 0 spiro atoms. The number of hydrogen-bond acceptors (Lipinski definition) is 4. The first kappa shape index (κ1) is 20.8. The Balaban J connectivity index is 1.91. The lowest BCUT2D eigenvalue weighted by Crippen LogP contribution is -2.43. The second-order valence-corrected chi connectivity index (χ2v) is 8.17. The molecule has 1 aliphatic rings. The molecule has 3 rings (SSSR count). The number of sulfonamides is 1. The van der Waals surface area contributed by atoms with E-state index >= 15 is 0 Å². The van der Waals surface area contributed by atoms with Gasteiger partial charge in [0.05, 0.1) is 29.7 Å². The number of nitrogens with one attached hydrogen (secondary N) is 1. The van der Waals surface area contributed by atoms with Gasteiger partial charge in [0, 0.05) is 19.6 Å². The lowest BCUT2D eigenvalue weighted by Gasteiger charge is -2.31. The summed E-state index contributed by atoms with van der Waals surface area (Å²) >= 11 is 0. The summed E-state index contributed by atoms with van der Waals surface area (Å²) in [4.78, 5) is 1.25. The van der Waals surface area contributed by atoms with Crippen molar-refractivity contribution < 1.29 is 26.3 Å². The molecular formula is C19H21F3N2O3S. The van der Waals surface area contributed by atoms with Crippen molar-refractivity contribution in [2.24, 2.45) is 0 Å². The van der Waals surface area contributed by atoms with Crippen LogP contribution in [0.1, 0.15) is 17.2 Å². The lowest BCUT2D eigenvalue weighted by molar-refractivity contribution is -0.139. The van der Waals surface area contributed by atoms with E-state index in [1.165, 1.54) is 12.1 Å². The molecular weight excluding hydrogens is 393 g/mol. The zero-order valence-corrected chi connectivity index (χ0v) is 15.8. The number of benzene rings is 2. The molecule has 1 unspecified atom stereocenters. The molecule has 0 radical (unpaired) electrons. The normalized spacial score (nSPS) is 17.4. The van der Waals surface area contributed by atoms with Gasteiger partial charge in [-0.3, -0.25) is 4.90 Å². The fraction of sp³-hybridized carbons (Fsp3) is 0.368. The molecule has 28 heavy (non-hydrogen) atoms. The summed E-state index contributed by atoms with van der Waals surface area (Å²) in [7, 11) is -4.40. The summed E-state index contributed by atoms with van der Waals surface area (Å²) in [6, 6.07) is 12.3. The van der Waals surface area contributed by atoms with Crippen LogP contribution in [0.2, 0.25) is 0 Å². The third-order valence-electron chi connectivity index (χ3n) is 4.53. The molecule has 5 nitrogen and oxygen atoms in total. The standard InChI is InChI=1S/C19H21F3N2O3S/c20-19(21,22)16-8-4-5-9-18(16)28(25,26)23-17(15-6-2-1-3-7-15)14-24-10-12-27-13-11-24/h1-9,17,23H,10-14H2. The third-order valence-corrected chi connectivity index (χ3v) is 6.06. The highest BCUT2D eigenvalue weighted by atomic mass is 32.2. The monoisotopic (exact) mass is 414 g/mol. The number of halogens is 3. The Morgan fingerprint density at radius 2 is 1.61 bits per heavy atom. The van der Waals surface area contributed by atoms with Crippen molar-refractivity contribution in [3.05, 3.63) is 65.7 Å². The fourth-order valence-corrected chi connectivity index (χ4v) is 4.57. The maximum Gasteiger partial charge on any atom is 0.417 e. The quantitative estimate of drug-likeness (QED) is 0.790. The van der Waals surface area contributed by atoms with E-state index in [2.05, 4.69) is 4.72 Å². The Morgan fingerprint density at radius 1 is 1.00 bits per heavy atom. The number of nitrogens with zero attached hydrogens (tertiary/aromatic N) is 1. The number of rotatable bonds is 6. The van der Waals surface area contributed by atoms with Gasteiger partial charge in [0.15, 0.2) is 0 Å². The number of ether oxygens (including phenoxy) is 1. The van der Waals surface area contributed by atoms with Gasteiger partial charge >= 0.3 is 6.18 Å². The summed E-state index contributed by atoms with van der Waals surface area (Å²) in [5.74, 6) is 0. The average molecular weight is 414 g/mol. The number of hydrogen-bond donors (Lipinski definition) is 1. The fourth-order valence-electron chi connectivity index (χ4n) is 3.12. The Hall–Kier alpha value is -1.94. The topological polar surface area (TPSA) is 58.6 Å². The molecule has 1 atom stereocenters. The molecule has 152 valence electrons. The van der Waals surface area contributed by atoms with Gasteiger partial charge in [0.1, 0.15) is 0 Å². The minimum Gasteiger partial charge on any atom is -0.379 e. The van der Waals surface area contributed by atoms with E-state index in [4.69, 9.17) is 4.74 Å². The molecule has 0 amide bonds. The van der Waals surface area contributed by atoms with Gasteiger partial charge in [-0.25, -0.2) is 13.1 Å². The average Bonchev–Trinajstić information content (AvgIpc) is 2.68. The van der Waals surface area contributed by atoms with Gasteiger partial charge in [-0.2, -0.15) is 13.2 Å². The van der Waals surface area contributed by atoms with Gasteiger partial charge in [0.25, 0.3) is 0 Å². The zero-order chi connectivity index (χ0) is 20.2. The molecule has 9 heteroatoms. The third kappa shape index (κ3) is 5.11. The van der Waals surface area contributed by atoms with Gasteiger partial charge in [-0.05, 0) is 17.7 Å². The van der Waals surface area contributed by atoms with Crippen LogP contribution < -0.4 is 4.72 Å². The molecule has 1 aliphatic heterocycles. The zero-order valence-electron chi connectivity index (χ0n) is 15.0. The molecule has 1 saturated heterocycles. The molecule has 2 aromatic carbocycles. The Kier molecular flexibility index (Phi) is 6.39. The Bertz CT molecular complexity index is 883. The SMILES string of the molecule is O=S(=O)(NC(CN1CCOCC1)c1ccccc1)c1ccccc1C(F)(F)F. The van der Waals surface area contributed by atoms with E-state index in [9.17, 15) is 21.6 Å². The second kappa shape index (κ2) is 8.60. The highest BCUT2D eigenvalue weighted by Crippen LogP contribution is 2.34. The van der Waals surface area contributed by atoms with Crippen molar-refractivity contribution >= 4 is 10.0 Å². The van der Waals surface area contributed by atoms with E-state index in [-0.39, 0.29) is 0 Å². The van der Waals surface area contributed by atoms with Crippen LogP contribution in [-0.4, -0.2) is 46.2 Å². The van der Waals surface area contributed by atoms with E-state index in [1.807, 2.05) is 4.90 Å². The van der Waals surface area contributed by atoms with E-state index in [1.54, 1.807) is 30.3 Å². The van der Waals surface area contributed by atoms with Crippen LogP contribution in [0.15, 0.2) is 59.5 Å². The lowest BCUT2D eigenvalue weighted by atomic mass is 10.1. The maximum atomic E-state index is 13.3. The highest BCUT2D eigenvalue weighted by Gasteiger charge is 2.37. The van der Waals surface area contributed by atoms with Gasteiger partial charge in [0.2, 0.25) is 10.0 Å². The van der Waals surface area contributed by atoms with Crippen molar-refractivity contribution in [1.82, 2.24) is 9.62 Å². The molecule has 1 fully saturated rings. The molecule has 0 saturated carbocycles. The Morgan fingerprint density at radius 3 is 2.25 bits per heavy atom. The summed E-state index contributed by atoms with van der Waals surface area (Å²) in [5, 5.41) is 0. The van der Waals surface area contributed by atoms with Crippen LogP contribution in [-0.2, 0) is 20.9 Å². The predicted molar refractivity (Wildman–Crippen MR) is 98.2 cm³/mol. The van der Waals surface area contributed by atoms with Crippen LogP contribution >= 0.6 is 0 Å². The van der Waals surface area contributed by atoms with Crippen LogP contribution in [0, 0.1) is 0 Å². The van der Waals surface area contributed by atoms with Crippen molar-refractivity contribution in [1.29, 1.82) is 0 Å². The summed E-state index contributed by atoms with van der Waals surface area (Å²) in [6.07, 6.45) is -4.77.